The van der Waals surface area contributed by atoms with Crippen LogP contribution in [-0.4, -0.2) is 25.7 Å². The van der Waals surface area contributed by atoms with Crippen molar-refractivity contribution in [3.63, 3.8) is 0 Å². The second-order valence-electron chi connectivity index (χ2n) is 6.34. The van der Waals surface area contributed by atoms with Crippen LogP contribution in [0.2, 0.25) is 0 Å². The van der Waals surface area contributed by atoms with Gasteiger partial charge in [0.15, 0.2) is 0 Å². The Morgan fingerprint density at radius 1 is 0.769 bits per heavy atom. The van der Waals surface area contributed by atoms with Crippen molar-refractivity contribution in [2.24, 2.45) is 0 Å². The lowest BCUT2D eigenvalue weighted by Crippen LogP contribution is -2.10. The summed E-state index contributed by atoms with van der Waals surface area (Å²) in [5, 5.41) is 0. The second kappa shape index (κ2) is 14.2. The fourth-order valence-corrected chi connectivity index (χ4v) is 2.52. The summed E-state index contributed by atoms with van der Waals surface area (Å²) in [5.74, 6) is 0.578. The Bertz CT molecular complexity index is 510. The van der Waals surface area contributed by atoms with E-state index in [9.17, 15) is 9.59 Å². The van der Waals surface area contributed by atoms with Crippen molar-refractivity contribution in [3.8, 4) is 11.5 Å². The number of carbonyl (C=O) groups is 2. The maximum absolute atomic E-state index is 11.8. The molecule has 0 bridgehead atoms. The van der Waals surface area contributed by atoms with E-state index < -0.39 is 0 Å². The van der Waals surface area contributed by atoms with E-state index in [4.69, 9.17) is 14.2 Å². The first-order chi connectivity index (χ1) is 12.7. The van der Waals surface area contributed by atoms with Crippen LogP contribution in [0.5, 0.6) is 11.5 Å². The zero-order chi connectivity index (χ0) is 19.0. The van der Waals surface area contributed by atoms with Crippen LogP contribution in [0.25, 0.3) is 0 Å². The van der Waals surface area contributed by atoms with Gasteiger partial charge < -0.3 is 14.2 Å². The van der Waals surface area contributed by atoms with E-state index in [1.165, 1.54) is 32.1 Å². The van der Waals surface area contributed by atoms with Crippen molar-refractivity contribution in [2.75, 3.05) is 13.7 Å². The molecule has 0 fully saturated rings. The highest BCUT2D eigenvalue weighted by Crippen LogP contribution is 2.17. The highest BCUT2D eigenvalue weighted by atomic mass is 16.5. The molecule has 0 N–H and O–H groups in total. The zero-order valence-corrected chi connectivity index (χ0v) is 16.1. The number of methoxy groups -OCH3 is 1. The minimum absolute atomic E-state index is 0.193. The summed E-state index contributed by atoms with van der Waals surface area (Å²) >= 11 is 0. The minimum atomic E-state index is -0.352. The molecule has 0 amide bonds. The van der Waals surface area contributed by atoms with E-state index in [2.05, 4.69) is 6.92 Å². The lowest BCUT2D eigenvalue weighted by molar-refractivity contribution is -0.144. The third kappa shape index (κ3) is 10.7. The Balaban J connectivity index is 2.01. The van der Waals surface area contributed by atoms with Crippen molar-refractivity contribution in [2.45, 2.75) is 71.1 Å². The van der Waals surface area contributed by atoms with E-state index in [-0.39, 0.29) is 24.8 Å². The molecule has 1 aromatic rings. The monoisotopic (exact) mass is 364 g/mol. The third-order valence-corrected chi connectivity index (χ3v) is 4.06. The third-order valence-electron chi connectivity index (χ3n) is 4.06. The van der Waals surface area contributed by atoms with Gasteiger partial charge in [-0.3, -0.25) is 9.59 Å². The average molecular weight is 364 g/mol. The molecule has 0 spiro atoms. The normalized spacial score (nSPS) is 10.4. The van der Waals surface area contributed by atoms with Gasteiger partial charge in [-0.15, -0.1) is 0 Å². The highest BCUT2D eigenvalue weighted by molar-refractivity contribution is 5.74. The first kappa shape index (κ1) is 22.0. The molecule has 0 aliphatic rings. The topological polar surface area (TPSA) is 61.8 Å². The predicted molar refractivity (Wildman–Crippen MR) is 101 cm³/mol. The Hall–Kier alpha value is -2.04. The molecule has 1 aromatic carbocycles. The Morgan fingerprint density at radius 3 is 2.00 bits per heavy atom. The highest BCUT2D eigenvalue weighted by Gasteiger charge is 2.08. The van der Waals surface area contributed by atoms with Crippen molar-refractivity contribution >= 4 is 11.9 Å². The van der Waals surface area contributed by atoms with Crippen LogP contribution in [0.15, 0.2) is 24.3 Å². The van der Waals surface area contributed by atoms with Crippen molar-refractivity contribution in [1.82, 2.24) is 0 Å². The minimum Gasteiger partial charge on any atom is -0.497 e. The number of hydrogen-bond donors (Lipinski definition) is 0. The van der Waals surface area contributed by atoms with Gasteiger partial charge in [0.1, 0.15) is 11.5 Å². The van der Waals surface area contributed by atoms with Crippen molar-refractivity contribution in [3.05, 3.63) is 24.3 Å². The molecule has 146 valence electrons. The molecule has 26 heavy (non-hydrogen) atoms. The van der Waals surface area contributed by atoms with Crippen molar-refractivity contribution < 1.29 is 23.8 Å². The summed E-state index contributed by atoms with van der Waals surface area (Å²) < 4.78 is 15.4. The summed E-state index contributed by atoms with van der Waals surface area (Å²) in [4.78, 5) is 23.4. The van der Waals surface area contributed by atoms with Crippen LogP contribution in [0.3, 0.4) is 0 Å². The fourth-order valence-electron chi connectivity index (χ4n) is 2.52. The largest absolute Gasteiger partial charge is 0.497 e. The molecule has 0 saturated carbocycles. The molecular formula is C21H32O5. The summed E-state index contributed by atoms with van der Waals surface area (Å²) in [7, 11) is 1.58. The van der Waals surface area contributed by atoms with Crippen LogP contribution >= 0.6 is 0 Å². The van der Waals surface area contributed by atoms with Crippen molar-refractivity contribution in [1.29, 1.82) is 0 Å². The molecule has 0 saturated heterocycles. The predicted octanol–water partition coefficient (Wildman–Crippen LogP) is 5.06. The summed E-state index contributed by atoms with van der Waals surface area (Å²) in [5.41, 5.74) is 0. The number of unbranched alkanes of at least 4 members (excludes halogenated alkanes) is 6. The maximum Gasteiger partial charge on any atom is 0.311 e. The van der Waals surface area contributed by atoms with Gasteiger partial charge >= 0.3 is 11.9 Å². The van der Waals surface area contributed by atoms with Gasteiger partial charge in [-0.25, -0.2) is 0 Å². The van der Waals surface area contributed by atoms with E-state index in [1.807, 2.05) is 0 Å². The molecule has 0 unspecified atom stereocenters. The van der Waals surface area contributed by atoms with Crippen LogP contribution in [0.1, 0.15) is 71.1 Å². The van der Waals surface area contributed by atoms with Gasteiger partial charge in [-0.2, -0.15) is 0 Å². The SMILES string of the molecule is CCCCCCCCCOC(=O)CCCC(=O)Oc1ccc(OC)cc1. The number of rotatable bonds is 14. The number of hydrogen-bond acceptors (Lipinski definition) is 5. The van der Waals surface area contributed by atoms with Crippen LogP contribution < -0.4 is 9.47 Å². The number of carbonyl (C=O) groups excluding carboxylic acids is 2. The smallest absolute Gasteiger partial charge is 0.311 e. The zero-order valence-electron chi connectivity index (χ0n) is 16.1. The van der Waals surface area contributed by atoms with E-state index in [0.717, 1.165) is 12.8 Å². The first-order valence-electron chi connectivity index (χ1n) is 9.66. The summed E-state index contributed by atoms with van der Waals surface area (Å²) in [6.45, 7) is 2.68. The van der Waals surface area contributed by atoms with Crippen LogP contribution in [-0.2, 0) is 14.3 Å². The number of ether oxygens (including phenoxy) is 3. The molecule has 0 radical (unpaired) electrons. The molecule has 0 heterocycles. The van der Waals surface area contributed by atoms with Crippen LogP contribution in [0, 0.1) is 0 Å². The van der Waals surface area contributed by atoms with Gasteiger partial charge in [0.05, 0.1) is 13.7 Å². The average Bonchev–Trinajstić information content (AvgIpc) is 2.64. The van der Waals surface area contributed by atoms with E-state index in [1.54, 1.807) is 31.4 Å². The molecule has 1 rings (SSSR count). The Kier molecular flexibility index (Phi) is 12.0. The molecular weight excluding hydrogens is 332 g/mol. The lowest BCUT2D eigenvalue weighted by atomic mass is 10.1. The van der Waals surface area contributed by atoms with Gasteiger partial charge in [0.2, 0.25) is 0 Å². The molecule has 0 atom stereocenters. The van der Waals surface area contributed by atoms with E-state index in [0.29, 0.717) is 24.5 Å². The maximum atomic E-state index is 11.8. The quantitative estimate of drug-likeness (QED) is 0.262. The number of esters is 2. The molecule has 0 aliphatic heterocycles. The Labute approximate surface area is 157 Å². The standard InChI is InChI=1S/C21H32O5/c1-3-4-5-6-7-8-9-17-25-20(22)11-10-12-21(23)26-19-15-13-18(24-2)14-16-19/h13-16H,3-12,17H2,1-2H3. The summed E-state index contributed by atoms with van der Waals surface area (Å²) in [6.07, 6.45) is 9.21. The van der Waals surface area contributed by atoms with Gasteiger partial charge in [-0.1, -0.05) is 45.4 Å². The lowest BCUT2D eigenvalue weighted by Gasteiger charge is -2.06. The summed E-state index contributed by atoms with van der Waals surface area (Å²) in [6, 6.07) is 6.80. The molecule has 0 aliphatic carbocycles. The van der Waals surface area contributed by atoms with E-state index >= 15 is 0 Å². The van der Waals surface area contributed by atoms with Crippen LogP contribution in [0.4, 0.5) is 0 Å². The second-order valence-corrected chi connectivity index (χ2v) is 6.34. The van der Waals surface area contributed by atoms with Gasteiger partial charge in [0, 0.05) is 12.8 Å². The van der Waals surface area contributed by atoms with Gasteiger partial charge in [0.25, 0.3) is 0 Å². The fraction of sp³-hybridized carbons (Fsp3) is 0.619. The molecule has 5 nitrogen and oxygen atoms in total. The molecule has 5 heteroatoms. The first-order valence-corrected chi connectivity index (χ1v) is 9.66. The van der Waals surface area contributed by atoms with Gasteiger partial charge in [-0.05, 0) is 37.1 Å². The molecule has 0 aromatic heterocycles. The number of benzene rings is 1. The Morgan fingerprint density at radius 2 is 1.35 bits per heavy atom.